The third kappa shape index (κ3) is 5.33. The van der Waals surface area contributed by atoms with Gasteiger partial charge in [0.1, 0.15) is 0 Å². The molecule has 2 rings (SSSR count). The van der Waals surface area contributed by atoms with Crippen molar-refractivity contribution in [3.05, 3.63) is 34.9 Å². The third-order valence-electron chi connectivity index (χ3n) is 3.57. The molecule has 0 saturated heterocycles. The summed E-state index contributed by atoms with van der Waals surface area (Å²) in [4.78, 5) is 0. The summed E-state index contributed by atoms with van der Waals surface area (Å²) in [6.07, 6.45) is -1.62. The van der Waals surface area contributed by atoms with Crippen LogP contribution in [0.2, 0.25) is 5.02 Å². The Morgan fingerprint density at radius 3 is 2.35 bits per heavy atom. The molecule has 0 aromatic heterocycles. The second-order valence-electron chi connectivity index (χ2n) is 5.39. The van der Waals surface area contributed by atoms with Crippen LogP contribution < -0.4 is 5.32 Å². The van der Waals surface area contributed by atoms with Crippen LogP contribution in [0, 0.1) is 5.92 Å². The highest BCUT2D eigenvalue weighted by molar-refractivity contribution is 6.30. The maximum atomic E-state index is 12.0. The fourth-order valence-electron chi connectivity index (χ4n) is 2.36. The standard InChI is InChI=1S/C15H19ClF3N/c16-13-7-5-12(6-8-13)14(11-3-4-11)20-10-2-1-9-15(17,18)19/h5-8,11,14,20H,1-4,9-10H2. The van der Waals surface area contributed by atoms with Gasteiger partial charge in [-0.1, -0.05) is 23.7 Å². The van der Waals surface area contributed by atoms with Crippen molar-refractivity contribution in [1.82, 2.24) is 5.32 Å². The Balaban J connectivity index is 1.77. The van der Waals surface area contributed by atoms with Crippen molar-refractivity contribution in [3.63, 3.8) is 0 Å². The van der Waals surface area contributed by atoms with Gasteiger partial charge in [0, 0.05) is 17.5 Å². The molecule has 1 unspecified atom stereocenters. The van der Waals surface area contributed by atoms with Crippen molar-refractivity contribution in [2.75, 3.05) is 6.54 Å². The van der Waals surface area contributed by atoms with Crippen molar-refractivity contribution in [2.45, 2.75) is 44.3 Å². The molecule has 1 N–H and O–H groups in total. The Hall–Kier alpha value is -0.740. The zero-order chi connectivity index (χ0) is 14.6. The monoisotopic (exact) mass is 305 g/mol. The summed E-state index contributed by atoms with van der Waals surface area (Å²) in [5, 5.41) is 4.10. The summed E-state index contributed by atoms with van der Waals surface area (Å²) in [6, 6.07) is 7.95. The minimum atomic E-state index is -4.04. The molecule has 1 aliphatic carbocycles. The molecule has 1 aromatic rings. The first-order valence-corrected chi connectivity index (χ1v) is 7.39. The molecular weight excluding hydrogens is 287 g/mol. The molecule has 5 heteroatoms. The molecule has 0 heterocycles. The summed E-state index contributed by atoms with van der Waals surface area (Å²) in [5.41, 5.74) is 1.17. The van der Waals surface area contributed by atoms with E-state index in [0.29, 0.717) is 23.9 Å². The van der Waals surface area contributed by atoms with Crippen LogP contribution >= 0.6 is 11.6 Å². The maximum Gasteiger partial charge on any atom is 0.389 e. The van der Waals surface area contributed by atoms with Gasteiger partial charge in [-0.3, -0.25) is 0 Å². The largest absolute Gasteiger partial charge is 0.389 e. The predicted molar refractivity (Wildman–Crippen MR) is 74.8 cm³/mol. The lowest BCUT2D eigenvalue weighted by Gasteiger charge is -2.19. The van der Waals surface area contributed by atoms with Crippen molar-refractivity contribution in [2.24, 2.45) is 5.92 Å². The van der Waals surface area contributed by atoms with Gasteiger partial charge in [0.15, 0.2) is 0 Å². The van der Waals surface area contributed by atoms with Crippen LogP contribution in [0.4, 0.5) is 13.2 Å². The van der Waals surface area contributed by atoms with E-state index in [0.717, 1.165) is 0 Å². The van der Waals surface area contributed by atoms with Gasteiger partial charge in [0.2, 0.25) is 0 Å². The Morgan fingerprint density at radius 2 is 1.80 bits per heavy atom. The van der Waals surface area contributed by atoms with Crippen LogP contribution in [0.15, 0.2) is 24.3 Å². The molecule has 20 heavy (non-hydrogen) atoms. The summed E-state index contributed by atoms with van der Waals surface area (Å²) < 4.78 is 36.1. The van der Waals surface area contributed by atoms with E-state index in [2.05, 4.69) is 5.32 Å². The Kier molecular flexibility index (Phi) is 5.33. The number of hydrogen-bond acceptors (Lipinski definition) is 1. The average Bonchev–Trinajstić information content (AvgIpc) is 3.18. The summed E-state index contributed by atoms with van der Waals surface area (Å²) >= 11 is 5.87. The van der Waals surface area contributed by atoms with E-state index in [4.69, 9.17) is 11.6 Å². The van der Waals surface area contributed by atoms with Gasteiger partial charge in [0.25, 0.3) is 0 Å². The number of nitrogens with one attached hydrogen (secondary N) is 1. The van der Waals surface area contributed by atoms with Gasteiger partial charge in [0.05, 0.1) is 0 Å². The van der Waals surface area contributed by atoms with E-state index in [1.54, 1.807) is 0 Å². The van der Waals surface area contributed by atoms with E-state index in [1.807, 2.05) is 24.3 Å². The fourth-order valence-corrected chi connectivity index (χ4v) is 2.49. The molecule has 0 amide bonds. The normalized spacial score (nSPS) is 17.2. The Morgan fingerprint density at radius 1 is 1.15 bits per heavy atom. The molecule has 0 bridgehead atoms. The molecule has 1 nitrogen and oxygen atoms in total. The van der Waals surface area contributed by atoms with Gasteiger partial charge in [-0.15, -0.1) is 0 Å². The SMILES string of the molecule is FC(F)(F)CCCCNC(c1ccc(Cl)cc1)C1CC1. The molecule has 0 aliphatic heterocycles. The molecular formula is C15H19ClF3N. The van der Waals surface area contributed by atoms with Crippen molar-refractivity contribution in [3.8, 4) is 0 Å². The summed E-state index contributed by atoms with van der Waals surface area (Å²) in [6.45, 7) is 0.625. The first-order chi connectivity index (χ1) is 9.46. The van der Waals surface area contributed by atoms with Crippen LogP contribution in [0.5, 0.6) is 0 Å². The molecule has 0 spiro atoms. The molecule has 1 saturated carbocycles. The Bertz CT molecular complexity index is 412. The molecule has 1 aromatic carbocycles. The molecule has 0 radical (unpaired) electrons. The number of benzene rings is 1. The highest BCUT2D eigenvalue weighted by atomic mass is 35.5. The van der Waals surface area contributed by atoms with Crippen LogP contribution in [0.3, 0.4) is 0 Å². The lowest BCUT2D eigenvalue weighted by atomic mass is 10.0. The fraction of sp³-hybridized carbons (Fsp3) is 0.600. The van der Waals surface area contributed by atoms with E-state index >= 15 is 0 Å². The topological polar surface area (TPSA) is 12.0 Å². The minimum Gasteiger partial charge on any atom is -0.310 e. The van der Waals surface area contributed by atoms with Gasteiger partial charge >= 0.3 is 6.18 Å². The second-order valence-corrected chi connectivity index (χ2v) is 5.83. The van der Waals surface area contributed by atoms with Crippen molar-refractivity contribution >= 4 is 11.6 Å². The predicted octanol–water partition coefficient (Wildman–Crippen LogP) is 5.11. The maximum absolute atomic E-state index is 12.0. The quantitative estimate of drug-likeness (QED) is 0.690. The van der Waals surface area contributed by atoms with Crippen molar-refractivity contribution < 1.29 is 13.2 Å². The second kappa shape index (κ2) is 6.81. The number of alkyl halides is 3. The lowest BCUT2D eigenvalue weighted by Crippen LogP contribution is -2.24. The Labute approximate surface area is 122 Å². The van der Waals surface area contributed by atoms with Gasteiger partial charge in [-0.25, -0.2) is 0 Å². The number of unbranched alkanes of at least 4 members (excludes halogenated alkanes) is 1. The number of rotatable bonds is 7. The van der Waals surface area contributed by atoms with E-state index < -0.39 is 12.6 Å². The third-order valence-corrected chi connectivity index (χ3v) is 3.83. The number of hydrogen-bond donors (Lipinski definition) is 1. The summed E-state index contributed by atoms with van der Waals surface area (Å²) in [7, 11) is 0. The highest BCUT2D eigenvalue weighted by Gasteiger charge is 2.32. The van der Waals surface area contributed by atoms with Gasteiger partial charge < -0.3 is 5.32 Å². The van der Waals surface area contributed by atoms with Crippen LogP contribution in [-0.4, -0.2) is 12.7 Å². The van der Waals surface area contributed by atoms with Crippen LogP contribution in [0.25, 0.3) is 0 Å². The zero-order valence-corrected chi connectivity index (χ0v) is 12.0. The molecule has 1 aliphatic rings. The first kappa shape index (κ1) is 15.6. The van der Waals surface area contributed by atoms with Gasteiger partial charge in [-0.05, 0) is 55.8 Å². The van der Waals surface area contributed by atoms with E-state index in [9.17, 15) is 13.2 Å². The number of halogens is 4. The van der Waals surface area contributed by atoms with E-state index in [1.165, 1.54) is 18.4 Å². The first-order valence-electron chi connectivity index (χ1n) is 7.01. The lowest BCUT2D eigenvalue weighted by molar-refractivity contribution is -0.135. The molecule has 1 atom stereocenters. The summed E-state index contributed by atoms with van der Waals surface area (Å²) in [5.74, 6) is 0.610. The molecule has 112 valence electrons. The van der Waals surface area contributed by atoms with E-state index in [-0.39, 0.29) is 12.5 Å². The van der Waals surface area contributed by atoms with Crippen LogP contribution in [0.1, 0.15) is 43.7 Å². The zero-order valence-electron chi connectivity index (χ0n) is 11.2. The average molecular weight is 306 g/mol. The highest BCUT2D eigenvalue weighted by Crippen LogP contribution is 2.41. The van der Waals surface area contributed by atoms with Gasteiger partial charge in [-0.2, -0.15) is 13.2 Å². The van der Waals surface area contributed by atoms with Crippen LogP contribution in [-0.2, 0) is 0 Å². The minimum absolute atomic E-state index is 0.189. The molecule has 1 fully saturated rings. The van der Waals surface area contributed by atoms with Crippen molar-refractivity contribution in [1.29, 1.82) is 0 Å². The smallest absolute Gasteiger partial charge is 0.310 e.